The number of morpholine rings is 1. The van der Waals surface area contributed by atoms with Crippen LogP contribution in [0, 0.1) is 0 Å². The van der Waals surface area contributed by atoms with Crippen LogP contribution >= 0.6 is 11.6 Å². The number of aromatic hydroxyl groups is 1. The fraction of sp³-hybridized carbons (Fsp3) is 0.289. The van der Waals surface area contributed by atoms with E-state index in [1.54, 1.807) is 29.2 Å². The third-order valence-corrected chi connectivity index (χ3v) is 12.0. The predicted molar refractivity (Wildman–Crippen MR) is 216 cm³/mol. The number of anilines is 2. The summed E-state index contributed by atoms with van der Waals surface area (Å²) in [5, 5.41) is 12.0. The van der Waals surface area contributed by atoms with Gasteiger partial charge in [-0.2, -0.15) is 0 Å². The first-order valence-electron chi connectivity index (χ1n) is 19.2. The Morgan fingerprint density at radius 1 is 0.873 bits per heavy atom. The molecule has 1 fully saturated rings. The first kappa shape index (κ1) is 35.4. The Labute approximate surface area is 325 Å². The molecule has 280 valence electrons. The minimum Gasteiger partial charge on any atom is -0.508 e. The van der Waals surface area contributed by atoms with Gasteiger partial charge in [0.05, 0.1) is 24.5 Å². The van der Waals surface area contributed by atoms with E-state index in [9.17, 15) is 5.11 Å². The van der Waals surface area contributed by atoms with Crippen molar-refractivity contribution in [1.82, 2.24) is 18.9 Å². The van der Waals surface area contributed by atoms with Crippen LogP contribution in [0.4, 0.5) is 11.4 Å². The van der Waals surface area contributed by atoms with Crippen LogP contribution in [0.3, 0.4) is 0 Å². The highest BCUT2D eigenvalue weighted by Gasteiger charge is 2.35. The van der Waals surface area contributed by atoms with Crippen LogP contribution in [-0.2, 0) is 37.7 Å². The molecule has 0 radical (unpaired) electrons. The van der Waals surface area contributed by atoms with Crippen molar-refractivity contribution < 1.29 is 19.4 Å². The second-order valence-electron chi connectivity index (χ2n) is 15.0. The van der Waals surface area contributed by atoms with Crippen LogP contribution in [0.1, 0.15) is 50.4 Å². The number of carbonyl (C=O) groups is 2. The Bertz CT molecular complexity index is 2410. The number of ether oxygens (including phenoxy) is 1. The lowest BCUT2D eigenvalue weighted by Gasteiger charge is -2.41. The van der Waals surface area contributed by atoms with Crippen molar-refractivity contribution in [1.29, 1.82) is 0 Å². The number of phenols is 1. The molecule has 0 aliphatic carbocycles. The number of aryl methyl sites for hydroxylation is 1. The molecular formula is C45H44ClN5O4. The van der Waals surface area contributed by atoms with E-state index in [0.29, 0.717) is 43.0 Å². The molecule has 0 bridgehead atoms. The van der Waals surface area contributed by atoms with Gasteiger partial charge in [-0.1, -0.05) is 48.0 Å². The Morgan fingerprint density at radius 2 is 1.67 bits per heavy atom. The highest BCUT2D eigenvalue weighted by atomic mass is 35.5. The van der Waals surface area contributed by atoms with Crippen LogP contribution < -0.4 is 4.90 Å². The maximum atomic E-state index is 15.1. The van der Waals surface area contributed by atoms with Gasteiger partial charge in [0.15, 0.2) is 0 Å². The maximum Gasteiger partial charge on any atom is 0.264 e. The number of nitrogens with zero attached hydrogens (tertiary/aromatic N) is 5. The molecule has 1 atom stereocenters. The molecule has 10 heteroatoms. The lowest BCUT2D eigenvalue weighted by Crippen LogP contribution is -2.52. The third kappa shape index (κ3) is 6.60. The molecule has 9 nitrogen and oxygen atoms in total. The van der Waals surface area contributed by atoms with Crippen LogP contribution in [0.2, 0.25) is 5.02 Å². The molecule has 2 aromatic heterocycles. The van der Waals surface area contributed by atoms with Crippen LogP contribution in [0.15, 0.2) is 103 Å². The van der Waals surface area contributed by atoms with Crippen molar-refractivity contribution in [3.63, 3.8) is 0 Å². The van der Waals surface area contributed by atoms with Gasteiger partial charge in [0.1, 0.15) is 5.75 Å². The van der Waals surface area contributed by atoms with E-state index in [1.807, 2.05) is 83.4 Å². The van der Waals surface area contributed by atoms with Gasteiger partial charge < -0.3 is 23.9 Å². The Hall–Kier alpha value is -5.35. The first-order chi connectivity index (χ1) is 26.8. The number of rotatable bonds is 7. The van der Waals surface area contributed by atoms with Gasteiger partial charge in [0.25, 0.3) is 11.8 Å². The quantitative estimate of drug-likeness (QED) is 0.178. The van der Waals surface area contributed by atoms with Crippen molar-refractivity contribution in [3.05, 3.63) is 136 Å². The Morgan fingerprint density at radius 3 is 2.51 bits per heavy atom. The molecule has 0 saturated carbocycles. The Kier molecular flexibility index (Phi) is 9.46. The summed E-state index contributed by atoms with van der Waals surface area (Å²) in [6.07, 6.45) is 5.40. The van der Waals surface area contributed by atoms with Gasteiger partial charge in [0, 0.05) is 90.8 Å². The van der Waals surface area contributed by atoms with Gasteiger partial charge in [-0.3, -0.25) is 19.4 Å². The molecule has 5 heterocycles. The van der Waals surface area contributed by atoms with Crippen molar-refractivity contribution >= 4 is 45.7 Å². The van der Waals surface area contributed by atoms with E-state index >= 15 is 9.59 Å². The highest BCUT2D eigenvalue weighted by Crippen LogP contribution is 2.38. The summed E-state index contributed by atoms with van der Waals surface area (Å²) in [6.45, 7) is 5.00. The molecule has 3 aliphatic rings. The van der Waals surface area contributed by atoms with Gasteiger partial charge in [-0.15, -0.1) is 0 Å². The average molecular weight is 754 g/mol. The normalized spacial score (nSPS) is 17.2. The number of hydrogen-bond acceptors (Lipinski definition) is 5. The summed E-state index contributed by atoms with van der Waals surface area (Å²) in [4.78, 5) is 36.3. The van der Waals surface area contributed by atoms with Crippen LogP contribution in [-0.4, -0.2) is 74.7 Å². The zero-order chi connectivity index (χ0) is 37.6. The second kappa shape index (κ2) is 14.7. The number of phenolic OH excluding ortho intramolecular Hbond substituents is 1. The summed E-state index contributed by atoms with van der Waals surface area (Å²) in [6, 6.07) is 30.6. The van der Waals surface area contributed by atoms with Crippen molar-refractivity contribution in [2.45, 2.75) is 44.8 Å². The number of aromatic nitrogens is 2. The molecule has 4 aromatic carbocycles. The molecule has 6 aromatic rings. The van der Waals surface area contributed by atoms with Crippen LogP contribution in [0.5, 0.6) is 5.75 Å². The summed E-state index contributed by atoms with van der Waals surface area (Å²) >= 11 is 6.75. The number of hydrogen-bond donors (Lipinski definition) is 1. The molecule has 55 heavy (non-hydrogen) atoms. The summed E-state index contributed by atoms with van der Waals surface area (Å²) in [5.74, 6) is -0.0540. The molecule has 0 unspecified atom stereocenters. The Balaban J connectivity index is 1.12. The molecular weight excluding hydrogens is 710 g/mol. The van der Waals surface area contributed by atoms with Gasteiger partial charge in [-0.05, 0) is 103 Å². The van der Waals surface area contributed by atoms with Crippen molar-refractivity contribution in [3.8, 4) is 17.0 Å². The first-order valence-corrected chi connectivity index (χ1v) is 19.6. The second-order valence-corrected chi connectivity index (χ2v) is 15.4. The van der Waals surface area contributed by atoms with E-state index in [2.05, 4.69) is 21.6 Å². The number of carbonyl (C=O) groups excluding carboxylic acids is 2. The monoisotopic (exact) mass is 753 g/mol. The zero-order valence-corrected chi connectivity index (χ0v) is 31.7. The van der Waals surface area contributed by atoms with Gasteiger partial charge in [0.2, 0.25) is 0 Å². The molecule has 1 N–H and O–H groups in total. The molecule has 1 saturated heterocycles. The lowest BCUT2D eigenvalue weighted by atomic mass is 9.92. The number of amides is 2. The van der Waals surface area contributed by atoms with E-state index < -0.39 is 0 Å². The lowest BCUT2D eigenvalue weighted by molar-refractivity contribution is 0.0193. The summed E-state index contributed by atoms with van der Waals surface area (Å²) < 4.78 is 9.95. The van der Waals surface area contributed by atoms with Gasteiger partial charge in [-0.25, -0.2) is 0 Å². The van der Waals surface area contributed by atoms with Crippen molar-refractivity contribution in [2.75, 3.05) is 37.7 Å². The largest absolute Gasteiger partial charge is 0.508 e. The smallest absolute Gasteiger partial charge is 0.264 e. The number of fused-ring (bicyclic) bond motifs is 3. The molecule has 0 spiro atoms. The minimum absolute atomic E-state index is 0.0275. The van der Waals surface area contributed by atoms with E-state index in [1.165, 1.54) is 0 Å². The number of benzene rings is 4. The summed E-state index contributed by atoms with van der Waals surface area (Å²) in [5.41, 5.74) is 8.49. The molecule has 9 rings (SSSR count). The average Bonchev–Trinajstić information content (AvgIpc) is 3.79. The van der Waals surface area contributed by atoms with Gasteiger partial charge >= 0.3 is 0 Å². The fourth-order valence-corrected chi connectivity index (χ4v) is 9.02. The zero-order valence-electron chi connectivity index (χ0n) is 31.0. The highest BCUT2D eigenvalue weighted by molar-refractivity contribution is 6.31. The van der Waals surface area contributed by atoms with E-state index in [0.717, 1.165) is 95.1 Å². The minimum atomic E-state index is -0.157. The summed E-state index contributed by atoms with van der Waals surface area (Å²) in [7, 11) is 2.00. The third-order valence-electron chi connectivity index (χ3n) is 11.6. The molecule has 3 aliphatic heterocycles. The maximum absolute atomic E-state index is 15.1. The fourth-order valence-electron chi connectivity index (χ4n) is 8.75. The topological polar surface area (TPSA) is 83.2 Å². The predicted octanol–water partition coefficient (Wildman–Crippen LogP) is 8.22. The van der Waals surface area contributed by atoms with Crippen LogP contribution in [0.25, 0.3) is 22.2 Å². The standard InChI is InChI=1S/C45H44ClN5O4/c1-47-20-18-30-12-13-33(26-42(30)47)51(32-14-16-35(52)17-15-32)45(54)39-27-43(49-19-5-4-11-41(39)49)36-8-2-3-9-37(36)44(53)50-28-31-7-6-10-40(46)38(31)25-34(50)29-48-21-23-55-24-22-48/h2-3,6-10,12-18,20,26-27,34,52H,4-5,11,19,21-25,28-29H2,1H3/t34-/m0/s1. The van der Waals surface area contributed by atoms with E-state index in [4.69, 9.17) is 16.3 Å². The SMILES string of the molecule is Cn1ccc2ccc(N(C(=O)c3cc(-c4ccccc4C(=O)N4Cc5cccc(Cl)c5C[C@H]4CN4CCOCC4)n4c3CCCC4)c3ccc(O)cc3)cc21. The number of halogens is 1. The van der Waals surface area contributed by atoms with Crippen molar-refractivity contribution in [2.24, 2.45) is 7.05 Å². The molecule has 2 amide bonds. The van der Waals surface area contributed by atoms with E-state index in [-0.39, 0.29) is 23.6 Å².